The van der Waals surface area contributed by atoms with E-state index >= 15 is 0 Å². The molecular formula is C31H43NO3. The Kier molecular flexibility index (Phi) is 13.4. The van der Waals surface area contributed by atoms with Gasteiger partial charge in [0.15, 0.2) is 11.5 Å². The smallest absolute Gasteiger partial charge is 0.335 e. The maximum absolute atomic E-state index is 12.7. The number of unbranched alkanes of at least 4 members (excludes halogenated alkanes) is 7. The molecule has 0 saturated heterocycles. The lowest BCUT2D eigenvalue weighted by Crippen LogP contribution is -2.12. The summed E-state index contributed by atoms with van der Waals surface area (Å²) in [6.07, 6.45) is 13.9. The zero-order valence-corrected chi connectivity index (χ0v) is 21.8. The van der Waals surface area contributed by atoms with Crippen molar-refractivity contribution in [3.05, 3.63) is 77.6 Å². The van der Waals surface area contributed by atoms with Gasteiger partial charge in [-0.2, -0.15) is 0 Å². The van der Waals surface area contributed by atoms with Gasteiger partial charge >= 0.3 is 5.97 Å². The van der Waals surface area contributed by atoms with E-state index in [2.05, 4.69) is 20.8 Å². The number of ether oxygens (including phenoxy) is 2. The summed E-state index contributed by atoms with van der Waals surface area (Å²) in [6, 6.07) is 17.3. The Labute approximate surface area is 212 Å². The normalized spacial score (nSPS) is 12.9. The largest absolute Gasteiger partial charge is 0.489 e. The number of nitrogen functional groups attached to an aromatic ring is 1. The van der Waals surface area contributed by atoms with Crippen molar-refractivity contribution in [2.45, 2.75) is 78.6 Å². The van der Waals surface area contributed by atoms with Crippen LogP contribution in [0.25, 0.3) is 11.8 Å². The zero-order chi connectivity index (χ0) is 25.3. The molecule has 190 valence electrons. The molecule has 0 fully saturated rings. The second-order valence-electron chi connectivity index (χ2n) is 9.11. The number of hydrogen-bond acceptors (Lipinski definition) is 4. The monoisotopic (exact) mass is 477 g/mol. The topological polar surface area (TPSA) is 61.5 Å². The number of esters is 1. The van der Waals surface area contributed by atoms with Crippen LogP contribution in [-0.4, -0.2) is 12.6 Å². The molecule has 0 aliphatic heterocycles. The fourth-order valence-corrected chi connectivity index (χ4v) is 3.77. The molecule has 4 heteroatoms. The lowest BCUT2D eigenvalue weighted by Gasteiger charge is -2.20. The maximum atomic E-state index is 12.7. The first-order chi connectivity index (χ1) is 17.0. The molecule has 0 aromatic heterocycles. The minimum atomic E-state index is -0.409. The molecule has 0 radical (unpaired) electrons. The van der Waals surface area contributed by atoms with Crippen molar-refractivity contribution in [3.63, 3.8) is 0 Å². The van der Waals surface area contributed by atoms with Crippen LogP contribution in [0.4, 0.5) is 5.69 Å². The summed E-state index contributed by atoms with van der Waals surface area (Å²) in [5, 5.41) is 0. The van der Waals surface area contributed by atoms with Crippen molar-refractivity contribution in [1.82, 2.24) is 0 Å². The van der Waals surface area contributed by atoms with Gasteiger partial charge in [-0.25, -0.2) is 4.79 Å². The third-order valence-corrected chi connectivity index (χ3v) is 6.12. The van der Waals surface area contributed by atoms with Crippen molar-refractivity contribution in [1.29, 1.82) is 0 Å². The molecule has 4 nitrogen and oxygen atoms in total. The Bertz CT molecular complexity index is 916. The Morgan fingerprint density at radius 1 is 0.886 bits per heavy atom. The predicted octanol–water partition coefficient (Wildman–Crippen LogP) is 8.40. The predicted molar refractivity (Wildman–Crippen MR) is 147 cm³/mol. The summed E-state index contributed by atoms with van der Waals surface area (Å²) in [7, 11) is 0. The van der Waals surface area contributed by atoms with E-state index in [-0.39, 0.29) is 5.92 Å². The van der Waals surface area contributed by atoms with Crippen molar-refractivity contribution < 1.29 is 14.3 Å². The van der Waals surface area contributed by atoms with Gasteiger partial charge in [0, 0.05) is 23.2 Å². The summed E-state index contributed by atoms with van der Waals surface area (Å²) in [5.41, 5.74) is 8.41. The lowest BCUT2D eigenvalue weighted by molar-refractivity contribution is -0.134. The number of carbonyl (C=O) groups excluding carboxylic acids is 1. The molecule has 35 heavy (non-hydrogen) atoms. The molecule has 1 unspecified atom stereocenters. The van der Waals surface area contributed by atoms with Gasteiger partial charge in [-0.1, -0.05) is 96.0 Å². The average Bonchev–Trinajstić information content (AvgIpc) is 2.88. The molecule has 0 aliphatic carbocycles. The van der Waals surface area contributed by atoms with E-state index in [4.69, 9.17) is 15.2 Å². The molecule has 0 spiro atoms. The second-order valence-corrected chi connectivity index (χ2v) is 9.11. The summed E-state index contributed by atoms with van der Waals surface area (Å²) in [6.45, 7) is 6.97. The molecule has 0 heterocycles. The van der Waals surface area contributed by atoms with E-state index in [1.54, 1.807) is 6.08 Å². The minimum absolute atomic E-state index is 0.0233. The zero-order valence-electron chi connectivity index (χ0n) is 21.8. The first-order valence-corrected chi connectivity index (χ1v) is 13.2. The quantitative estimate of drug-likeness (QED) is 0.0866. The molecule has 0 bridgehead atoms. The van der Waals surface area contributed by atoms with Gasteiger partial charge in [0.1, 0.15) is 0 Å². The molecule has 0 aliphatic rings. The van der Waals surface area contributed by atoms with Gasteiger partial charge in [0.05, 0.1) is 6.61 Å². The number of allylic oxidation sites excluding steroid dienone is 1. The van der Waals surface area contributed by atoms with Crippen molar-refractivity contribution in [3.8, 4) is 0 Å². The Hall–Kier alpha value is -3.01. The third-order valence-electron chi connectivity index (χ3n) is 6.12. The maximum Gasteiger partial charge on any atom is 0.335 e. The summed E-state index contributed by atoms with van der Waals surface area (Å²) in [4.78, 5) is 12.7. The van der Waals surface area contributed by atoms with E-state index in [0.29, 0.717) is 23.8 Å². The molecule has 2 aromatic carbocycles. The number of benzene rings is 2. The SMILES string of the molecule is CCCCCCCCCCOC(=C(OC(=O)C=Cc1ccccc1)C(C)CC)c1ccc(N)cc1. The van der Waals surface area contributed by atoms with Crippen LogP contribution in [0.3, 0.4) is 0 Å². The fourth-order valence-electron chi connectivity index (χ4n) is 3.77. The fraction of sp³-hybridized carbons (Fsp3) is 0.452. The van der Waals surface area contributed by atoms with Crippen molar-refractivity contribution in [2.75, 3.05) is 12.3 Å². The summed E-state index contributed by atoms with van der Waals surface area (Å²) < 4.78 is 12.2. The highest BCUT2D eigenvalue weighted by atomic mass is 16.6. The van der Waals surface area contributed by atoms with Gasteiger partial charge in [0.25, 0.3) is 0 Å². The number of nitrogens with two attached hydrogens (primary N) is 1. The summed E-state index contributed by atoms with van der Waals surface area (Å²) >= 11 is 0. The molecule has 0 saturated carbocycles. The molecule has 0 amide bonds. The summed E-state index contributed by atoms with van der Waals surface area (Å²) in [5.74, 6) is 0.811. The van der Waals surface area contributed by atoms with E-state index in [9.17, 15) is 4.79 Å². The van der Waals surface area contributed by atoms with Crippen LogP contribution in [0.2, 0.25) is 0 Å². The van der Waals surface area contributed by atoms with E-state index < -0.39 is 5.97 Å². The van der Waals surface area contributed by atoms with Crippen molar-refractivity contribution >= 4 is 23.5 Å². The molecular weight excluding hydrogens is 434 g/mol. The highest BCUT2D eigenvalue weighted by Gasteiger charge is 2.21. The van der Waals surface area contributed by atoms with Crippen LogP contribution in [-0.2, 0) is 14.3 Å². The average molecular weight is 478 g/mol. The van der Waals surface area contributed by atoms with E-state index in [1.165, 1.54) is 44.6 Å². The van der Waals surface area contributed by atoms with Gasteiger partial charge in [-0.15, -0.1) is 0 Å². The van der Waals surface area contributed by atoms with Crippen LogP contribution in [0, 0.1) is 5.92 Å². The first kappa shape index (κ1) is 28.2. The van der Waals surface area contributed by atoms with Gasteiger partial charge < -0.3 is 15.2 Å². The molecule has 2 rings (SSSR count). The Morgan fingerprint density at radius 2 is 1.51 bits per heavy atom. The minimum Gasteiger partial charge on any atom is -0.489 e. The van der Waals surface area contributed by atoms with Crippen LogP contribution in [0.15, 0.2) is 66.4 Å². The van der Waals surface area contributed by atoms with Crippen LogP contribution >= 0.6 is 0 Å². The van der Waals surface area contributed by atoms with E-state index in [0.717, 1.165) is 30.4 Å². The third kappa shape index (κ3) is 10.9. The number of rotatable bonds is 16. The van der Waals surface area contributed by atoms with Gasteiger partial charge in [-0.05, 0) is 48.7 Å². The highest BCUT2D eigenvalue weighted by Crippen LogP contribution is 2.29. The Morgan fingerprint density at radius 3 is 2.14 bits per heavy atom. The molecule has 2 N–H and O–H groups in total. The van der Waals surface area contributed by atoms with Crippen LogP contribution in [0.5, 0.6) is 0 Å². The number of hydrogen-bond donors (Lipinski definition) is 1. The highest BCUT2D eigenvalue weighted by molar-refractivity contribution is 5.88. The molecule has 2 aromatic rings. The van der Waals surface area contributed by atoms with Gasteiger partial charge in [-0.3, -0.25) is 0 Å². The van der Waals surface area contributed by atoms with Crippen LogP contribution in [0.1, 0.15) is 89.7 Å². The molecule has 1 atom stereocenters. The lowest BCUT2D eigenvalue weighted by atomic mass is 10.0. The number of carbonyl (C=O) groups is 1. The van der Waals surface area contributed by atoms with Gasteiger partial charge in [0.2, 0.25) is 0 Å². The first-order valence-electron chi connectivity index (χ1n) is 13.2. The standard InChI is InChI=1S/C31H43NO3/c1-4-6-7-8-9-10-11-15-24-34-31(27-19-21-28(32)22-20-27)30(25(3)5-2)35-29(33)23-18-26-16-13-12-14-17-26/h12-14,16-23,25H,4-11,15,24,32H2,1-3H3. The Balaban J connectivity index is 2.12. The van der Waals surface area contributed by atoms with Crippen LogP contribution < -0.4 is 5.73 Å². The second kappa shape index (κ2) is 16.6. The number of anilines is 1. The van der Waals surface area contributed by atoms with E-state index in [1.807, 2.05) is 54.6 Å². The van der Waals surface area contributed by atoms with Crippen molar-refractivity contribution in [2.24, 2.45) is 5.92 Å².